The van der Waals surface area contributed by atoms with Crippen LogP contribution in [-0.2, 0) is 21.1 Å². The topological polar surface area (TPSA) is 64.7 Å². The van der Waals surface area contributed by atoms with E-state index >= 15 is 0 Å². The van der Waals surface area contributed by atoms with Crippen LogP contribution >= 0.6 is 6.26 Å². The van der Waals surface area contributed by atoms with Crippen LogP contribution < -0.4 is 5.73 Å². The number of aliphatic hydroxyl groups is 1. The van der Waals surface area contributed by atoms with Crippen molar-refractivity contribution in [2.45, 2.75) is 25.4 Å². The fourth-order valence-corrected chi connectivity index (χ4v) is 2.01. The summed E-state index contributed by atoms with van der Waals surface area (Å²) in [4.78, 5) is 0. The van der Waals surface area contributed by atoms with Crippen LogP contribution in [0, 0.1) is 5.92 Å². The molecule has 1 unspecified atom stereocenters. The van der Waals surface area contributed by atoms with Gasteiger partial charge in [0.15, 0.2) is 6.29 Å². The molecule has 1 rings (SSSR count). The molecule has 0 saturated carbocycles. The van der Waals surface area contributed by atoms with Gasteiger partial charge in [0.1, 0.15) is 0 Å². The smallest absolute Gasteiger partial charge is 0.159 e. The summed E-state index contributed by atoms with van der Waals surface area (Å²) in [6.07, 6.45) is -2.68. The van der Waals surface area contributed by atoms with E-state index in [-0.39, 0.29) is 18.1 Å². The lowest BCUT2D eigenvalue weighted by atomic mass is 10.0. The summed E-state index contributed by atoms with van der Waals surface area (Å²) in [5, 5.41) is 9.39. The molecule has 6 heteroatoms. The second-order valence-electron chi connectivity index (χ2n) is 4.05. The Kier molecular flexibility index (Phi) is 4.09. The van der Waals surface area contributed by atoms with Crippen molar-refractivity contribution in [2.24, 2.45) is 11.7 Å². The second kappa shape index (κ2) is 4.56. The third kappa shape index (κ3) is 3.26. The zero-order chi connectivity index (χ0) is 10.9. The molecule has 1 aliphatic heterocycles. The predicted molar refractivity (Wildman–Crippen MR) is 60.1 cm³/mol. The molecule has 1 aliphatic rings. The molecule has 1 fully saturated rings. The normalized spacial score (nSPS) is 38.9. The third-order valence-corrected chi connectivity index (χ3v) is 3.44. The van der Waals surface area contributed by atoms with Crippen LogP contribution in [0.1, 0.15) is 6.92 Å². The number of ether oxygens (including phenoxy) is 1. The number of aliphatic hydroxyl groups excluding tert-OH is 1. The maximum Gasteiger partial charge on any atom is 0.159 e. The van der Waals surface area contributed by atoms with E-state index in [0.29, 0.717) is 6.61 Å². The van der Waals surface area contributed by atoms with Gasteiger partial charge in [0.2, 0.25) is 0 Å². The Hall–Kier alpha value is 0.490. The Bertz CT molecular complexity index is 245. The molecule has 1 heterocycles. The van der Waals surface area contributed by atoms with Crippen molar-refractivity contribution in [3.05, 3.63) is 0 Å². The van der Waals surface area contributed by atoms with Crippen LogP contribution in [0.3, 0.4) is 0 Å². The molecule has 1 saturated heterocycles. The van der Waals surface area contributed by atoms with E-state index in [4.69, 9.17) is 26.8 Å². The van der Waals surface area contributed by atoms with Crippen molar-refractivity contribution in [1.82, 2.24) is 0 Å². The van der Waals surface area contributed by atoms with Crippen LogP contribution in [-0.4, -0.2) is 43.5 Å². The van der Waals surface area contributed by atoms with E-state index in [1.54, 1.807) is 0 Å². The predicted octanol–water partition coefficient (Wildman–Crippen LogP) is 0.338. The highest BCUT2D eigenvalue weighted by atomic mass is 32.4. The highest BCUT2D eigenvalue weighted by Crippen LogP contribution is 2.39. The van der Waals surface area contributed by atoms with E-state index < -0.39 is 12.6 Å². The lowest BCUT2D eigenvalue weighted by Gasteiger charge is -2.19. The van der Waals surface area contributed by atoms with Crippen molar-refractivity contribution in [3.63, 3.8) is 0 Å². The van der Waals surface area contributed by atoms with Crippen LogP contribution in [0.25, 0.3) is 0 Å². The van der Waals surface area contributed by atoms with Crippen molar-refractivity contribution >= 4 is 18.1 Å². The Balaban J connectivity index is 2.44. The van der Waals surface area contributed by atoms with E-state index in [9.17, 15) is 5.11 Å². The fourth-order valence-electron chi connectivity index (χ4n) is 1.33. The number of rotatable bonds is 3. The molecule has 0 bridgehead atoms. The number of hydrogen-bond acceptors (Lipinski definition) is 5. The summed E-state index contributed by atoms with van der Waals surface area (Å²) in [5.41, 5.74) is 5.86. The summed E-state index contributed by atoms with van der Waals surface area (Å²) in [6.45, 7) is 6.06. The fraction of sp³-hybridized carbons (Fsp3) is 1.00. The van der Waals surface area contributed by atoms with Crippen molar-refractivity contribution in [3.8, 4) is 0 Å². The second-order valence-corrected chi connectivity index (χ2v) is 9.45. The molecule has 0 aromatic heterocycles. The van der Waals surface area contributed by atoms with Gasteiger partial charge in [-0.25, -0.2) is 0 Å². The Labute approximate surface area is 89.9 Å². The van der Waals surface area contributed by atoms with E-state index in [1.807, 2.05) is 20.3 Å². The molecule has 4 atom stereocenters. The van der Waals surface area contributed by atoms with E-state index in [1.165, 1.54) is 0 Å². The monoisotopic (exact) mass is 239 g/mol. The first-order valence-corrected chi connectivity index (χ1v) is 8.21. The Morgan fingerprint density at radius 3 is 2.50 bits per heavy atom. The molecule has 0 spiro atoms. The lowest BCUT2D eigenvalue weighted by molar-refractivity contribution is -0.112. The summed E-state index contributed by atoms with van der Waals surface area (Å²) < 4.78 is 10.7. The first-order chi connectivity index (χ1) is 6.31. The molecular formula is C8H18NO3PS. The van der Waals surface area contributed by atoms with Crippen molar-refractivity contribution in [2.75, 3.05) is 19.9 Å². The van der Waals surface area contributed by atoms with Gasteiger partial charge in [-0.05, 0) is 13.3 Å². The summed E-state index contributed by atoms with van der Waals surface area (Å²) in [5.74, 6) is -0.0461. The van der Waals surface area contributed by atoms with Gasteiger partial charge < -0.3 is 20.1 Å². The Morgan fingerprint density at radius 1 is 1.57 bits per heavy atom. The number of hydrogen-bond donors (Lipinski definition) is 2. The van der Waals surface area contributed by atoms with Gasteiger partial charge in [-0.2, -0.15) is 0 Å². The molecule has 14 heavy (non-hydrogen) atoms. The molecule has 0 radical (unpaired) electrons. The molecule has 4 nitrogen and oxygen atoms in total. The Morgan fingerprint density at radius 2 is 2.14 bits per heavy atom. The van der Waals surface area contributed by atoms with Gasteiger partial charge >= 0.3 is 0 Å². The zero-order valence-corrected chi connectivity index (χ0v) is 10.4. The summed E-state index contributed by atoms with van der Waals surface area (Å²) in [7, 11) is 0. The van der Waals surface area contributed by atoms with Gasteiger partial charge in [-0.15, -0.1) is 0 Å². The van der Waals surface area contributed by atoms with Gasteiger partial charge in [-0.3, -0.25) is 0 Å². The zero-order valence-electron chi connectivity index (χ0n) is 8.71. The minimum atomic E-state index is -1.67. The molecular weight excluding hydrogens is 221 g/mol. The van der Waals surface area contributed by atoms with Gasteiger partial charge in [0.05, 0.1) is 19.0 Å². The minimum absolute atomic E-state index is 0.0461. The average Bonchev–Trinajstić information content (AvgIpc) is 2.28. The van der Waals surface area contributed by atoms with E-state index in [2.05, 4.69) is 0 Å². The quantitative estimate of drug-likeness (QED) is 0.695. The third-order valence-electron chi connectivity index (χ3n) is 2.35. The lowest BCUT2D eigenvalue weighted by Crippen LogP contribution is -2.37. The molecule has 0 amide bonds. The van der Waals surface area contributed by atoms with Gasteiger partial charge in [-0.1, -0.05) is 18.7 Å². The summed E-state index contributed by atoms with van der Waals surface area (Å²) >= 11 is 5.15. The average molecular weight is 239 g/mol. The maximum atomic E-state index is 9.39. The van der Waals surface area contributed by atoms with Crippen LogP contribution in [0.5, 0.6) is 0 Å². The van der Waals surface area contributed by atoms with Gasteiger partial charge in [0, 0.05) is 12.0 Å². The first kappa shape index (κ1) is 12.6. The minimum Gasteiger partial charge on any atom is -0.368 e. The molecule has 3 N–H and O–H groups in total. The first-order valence-electron chi connectivity index (χ1n) is 4.60. The van der Waals surface area contributed by atoms with Crippen LogP contribution in [0.2, 0.25) is 0 Å². The van der Waals surface area contributed by atoms with E-state index in [0.717, 1.165) is 0 Å². The highest BCUT2D eigenvalue weighted by molar-refractivity contribution is 8.11. The van der Waals surface area contributed by atoms with Crippen molar-refractivity contribution < 1.29 is 14.4 Å². The largest absolute Gasteiger partial charge is 0.368 e. The van der Waals surface area contributed by atoms with Crippen LogP contribution in [0.4, 0.5) is 0 Å². The van der Waals surface area contributed by atoms with Gasteiger partial charge in [0.25, 0.3) is 0 Å². The maximum absolute atomic E-state index is 9.39. The highest BCUT2D eigenvalue weighted by Gasteiger charge is 2.38. The molecule has 0 aromatic rings. The standard InChI is InChI=1S/C8H18NO3PS/c1-5-7(9)6(12-8(5)10)4-11-13(2,3)14/h5-8,10H,4,9H2,1-3H3/t5-,6+,7?,8+/m0/s1. The summed E-state index contributed by atoms with van der Waals surface area (Å²) in [6, 6.07) is -0.174. The molecule has 84 valence electrons. The van der Waals surface area contributed by atoms with Crippen LogP contribution in [0.15, 0.2) is 0 Å². The molecule has 0 aliphatic carbocycles. The molecule has 0 aromatic carbocycles. The SMILES string of the molecule is C[C@H]1C(N)[C@@H](COP(C)(C)=S)O[C@H]1O. The van der Waals surface area contributed by atoms with Crippen molar-refractivity contribution in [1.29, 1.82) is 0 Å². The number of nitrogens with two attached hydrogens (primary N) is 1.